The van der Waals surface area contributed by atoms with Gasteiger partial charge in [-0.2, -0.15) is 0 Å². The van der Waals surface area contributed by atoms with Gasteiger partial charge in [-0.05, 0) is 60.9 Å². The largest absolute Gasteiger partial charge is 0.331 e. The third kappa shape index (κ3) is 3.75. The lowest BCUT2D eigenvalue weighted by Crippen LogP contribution is -2.32. The summed E-state index contributed by atoms with van der Waals surface area (Å²) in [6, 6.07) is 12.2. The van der Waals surface area contributed by atoms with Gasteiger partial charge in [0.05, 0.1) is 11.7 Å². The molecule has 2 aromatic rings. The minimum atomic E-state index is -0.436. The normalized spacial score (nSPS) is 14.6. The maximum Gasteiger partial charge on any atom is 0.319 e. The number of nitrogens with one attached hydrogen (secondary N) is 2. The number of urea groups is 1. The van der Waals surface area contributed by atoms with Crippen LogP contribution < -0.4 is 10.6 Å². The molecule has 0 bridgehead atoms. The zero-order valence-corrected chi connectivity index (χ0v) is 13.9. The molecule has 0 spiro atoms. The first-order chi connectivity index (χ1) is 11.7. The Morgan fingerprint density at radius 3 is 2.62 bits per heavy atom. The van der Waals surface area contributed by atoms with Crippen LogP contribution in [-0.2, 0) is 12.8 Å². The Morgan fingerprint density at radius 2 is 1.88 bits per heavy atom. The molecule has 1 aliphatic carbocycles. The molecule has 0 heterocycles. The average Bonchev–Trinajstić information content (AvgIpc) is 2.61. The molecule has 2 amide bonds. The van der Waals surface area contributed by atoms with E-state index in [0.717, 1.165) is 24.8 Å². The van der Waals surface area contributed by atoms with Crippen LogP contribution in [0.1, 0.15) is 48.9 Å². The van der Waals surface area contributed by atoms with E-state index in [4.69, 9.17) is 0 Å². The van der Waals surface area contributed by atoms with Crippen molar-refractivity contribution in [3.05, 3.63) is 65.0 Å². The smallest absolute Gasteiger partial charge is 0.319 e. The molecule has 0 aliphatic heterocycles. The lowest BCUT2D eigenvalue weighted by Gasteiger charge is -2.22. The lowest BCUT2D eigenvalue weighted by molar-refractivity contribution is 0.248. The molecule has 0 fully saturated rings. The minimum absolute atomic E-state index is 0.0796. The fourth-order valence-electron chi connectivity index (χ4n) is 3.27. The number of carbonyl (C=O) groups is 1. The molecule has 0 saturated heterocycles. The number of para-hydroxylation sites is 1. The van der Waals surface area contributed by atoms with Crippen molar-refractivity contribution in [2.45, 2.75) is 45.1 Å². The summed E-state index contributed by atoms with van der Waals surface area (Å²) in [4.78, 5) is 12.2. The number of benzene rings is 2. The standard InChI is InChI=1S/C20H23FN2O/c1-2-18(16-12-11-14-7-3-4-8-15(14)13-16)22-20(24)23-19-10-6-5-9-17(19)21/h5-6,9-13,18H,2-4,7-8H2,1H3,(H2,22,23,24). The first kappa shape index (κ1) is 16.5. The fourth-order valence-corrected chi connectivity index (χ4v) is 3.27. The van der Waals surface area contributed by atoms with E-state index in [9.17, 15) is 9.18 Å². The van der Waals surface area contributed by atoms with Gasteiger partial charge < -0.3 is 10.6 Å². The van der Waals surface area contributed by atoms with E-state index in [1.807, 2.05) is 6.92 Å². The second-order valence-electron chi connectivity index (χ2n) is 6.27. The molecule has 2 N–H and O–H groups in total. The molecule has 1 aliphatic rings. The molecule has 3 rings (SSSR count). The topological polar surface area (TPSA) is 41.1 Å². The predicted octanol–water partition coefficient (Wildman–Crippen LogP) is 4.98. The van der Waals surface area contributed by atoms with E-state index in [0.29, 0.717) is 0 Å². The van der Waals surface area contributed by atoms with Gasteiger partial charge in [-0.25, -0.2) is 9.18 Å². The van der Waals surface area contributed by atoms with Crippen molar-refractivity contribution in [3.63, 3.8) is 0 Å². The second kappa shape index (κ2) is 7.47. The molecule has 0 saturated carbocycles. The SMILES string of the molecule is CCC(NC(=O)Nc1ccccc1F)c1ccc2c(c1)CCCC2. The molecule has 3 nitrogen and oxygen atoms in total. The Balaban J connectivity index is 1.70. The summed E-state index contributed by atoms with van der Waals surface area (Å²) in [6.45, 7) is 2.04. The third-order valence-electron chi connectivity index (χ3n) is 4.61. The summed E-state index contributed by atoms with van der Waals surface area (Å²) < 4.78 is 13.6. The quantitative estimate of drug-likeness (QED) is 0.817. The van der Waals surface area contributed by atoms with E-state index < -0.39 is 5.82 Å². The summed E-state index contributed by atoms with van der Waals surface area (Å²) in [6.07, 6.45) is 5.53. The van der Waals surface area contributed by atoms with Crippen LogP contribution in [-0.4, -0.2) is 6.03 Å². The lowest BCUT2D eigenvalue weighted by atomic mass is 9.89. The van der Waals surface area contributed by atoms with Gasteiger partial charge in [0.15, 0.2) is 0 Å². The first-order valence-electron chi connectivity index (χ1n) is 8.61. The molecular formula is C20H23FN2O. The summed E-state index contributed by atoms with van der Waals surface area (Å²) in [5, 5.41) is 5.53. The van der Waals surface area contributed by atoms with Crippen molar-refractivity contribution in [2.75, 3.05) is 5.32 Å². The molecule has 1 atom stereocenters. The van der Waals surface area contributed by atoms with Crippen molar-refractivity contribution >= 4 is 11.7 Å². The number of amides is 2. The van der Waals surface area contributed by atoms with Gasteiger partial charge in [-0.1, -0.05) is 37.3 Å². The summed E-state index contributed by atoms with van der Waals surface area (Å²) in [7, 11) is 0. The Bertz CT molecular complexity index is 729. The maximum atomic E-state index is 13.6. The van der Waals surface area contributed by atoms with E-state index in [2.05, 4.69) is 28.8 Å². The van der Waals surface area contributed by atoms with Gasteiger partial charge in [0.25, 0.3) is 0 Å². The number of hydrogen-bond acceptors (Lipinski definition) is 1. The van der Waals surface area contributed by atoms with Gasteiger partial charge in [-0.3, -0.25) is 0 Å². The Labute approximate surface area is 142 Å². The molecule has 0 radical (unpaired) electrons. The van der Waals surface area contributed by atoms with Crippen molar-refractivity contribution in [3.8, 4) is 0 Å². The third-order valence-corrected chi connectivity index (χ3v) is 4.61. The average molecular weight is 326 g/mol. The number of halogens is 1. The molecular weight excluding hydrogens is 303 g/mol. The van der Waals surface area contributed by atoms with Crippen LogP contribution in [0.2, 0.25) is 0 Å². The van der Waals surface area contributed by atoms with E-state index in [1.165, 1.54) is 30.0 Å². The van der Waals surface area contributed by atoms with Gasteiger partial charge >= 0.3 is 6.03 Å². The van der Waals surface area contributed by atoms with Gasteiger partial charge in [0.1, 0.15) is 5.82 Å². The number of hydrogen-bond donors (Lipinski definition) is 2. The summed E-state index contributed by atoms with van der Waals surface area (Å²) in [5.74, 6) is -0.436. The van der Waals surface area contributed by atoms with Crippen molar-refractivity contribution < 1.29 is 9.18 Å². The zero-order valence-electron chi connectivity index (χ0n) is 13.9. The van der Waals surface area contributed by atoms with Crippen molar-refractivity contribution in [2.24, 2.45) is 0 Å². The summed E-state index contributed by atoms with van der Waals surface area (Å²) in [5.41, 5.74) is 4.13. The van der Waals surface area contributed by atoms with Crippen LogP contribution in [0.3, 0.4) is 0 Å². The number of carbonyl (C=O) groups excluding carboxylic acids is 1. The number of rotatable bonds is 4. The van der Waals surface area contributed by atoms with Crippen LogP contribution in [0.5, 0.6) is 0 Å². The molecule has 2 aromatic carbocycles. The monoisotopic (exact) mass is 326 g/mol. The highest BCUT2D eigenvalue weighted by molar-refractivity contribution is 5.89. The van der Waals surface area contributed by atoms with Crippen LogP contribution in [0.25, 0.3) is 0 Å². The Kier molecular flexibility index (Phi) is 5.14. The highest BCUT2D eigenvalue weighted by Gasteiger charge is 2.16. The second-order valence-corrected chi connectivity index (χ2v) is 6.27. The highest BCUT2D eigenvalue weighted by atomic mass is 19.1. The van der Waals surface area contributed by atoms with Gasteiger partial charge in [0, 0.05) is 0 Å². The fraction of sp³-hybridized carbons (Fsp3) is 0.350. The predicted molar refractivity (Wildman–Crippen MR) is 94.7 cm³/mol. The molecule has 24 heavy (non-hydrogen) atoms. The molecule has 126 valence electrons. The van der Waals surface area contributed by atoms with E-state index >= 15 is 0 Å². The maximum absolute atomic E-state index is 13.6. The van der Waals surface area contributed by atoms with Crippen LogP contribution in [0.15, 0.2) is 42.5 Å². The van der Waals surface area contributed by atoms with E-state index in [1.54, 1.807) is 18.2 Å². The van der Waals surface area contributed by atoms with Crippen molar-refractivity contribution in [1.82, 2.24) is 5.32 Å². The first-order valence-corrected chi connectivity index (χ1v) is 8.61. The van der Waals surface area contributed by atoms with Crippen LogP contribution >= 0.6 is 0 Å². The molecule has 1 unspecified atom stereocenters. The molecule has 0 aromatic heterocycles. The van der Waals surface area contributed by atoms with Gasteiger partial charge in [-0.15, -0.1) is 0 Å². The Morgan fingerprint density at radius 1 is 1.12 bits per heavy atom. The number of fused-ring (bicyclic) bond motifs is 1. The minimum Gasteiger partial charge on any atom is -0.331 e. The zero-order chi connectivity index (χ0) is 16.9. The van der Waals surface area contributed by atoms with E-state index in [-0.39, 0.29) is 17.8 Å². The van der Waals surface area contributed by atoms with Crippen LogP contribution in [0.4, 0.5) is 14.9 Å². The highest BCUT2D eigenvalue weighted by Crippen LogP contribution is 2.26. The Hall–Kier alpha value is -2.36. The van der Waals surface area contributed by atoms with Gasteiger partial charge in [0.2, 0.25) is 0 Å². The molecule has 4 heteroatoms. The van der Waals surface area contributed by atoms with Crippen molar-refractivity contribution in [1.29, 1.82) is 0 Å². The summed E-state index contributed by atoms with van der Waals surface area (Å²) >= 11 is 0. The van der Waals surface area contributed by atoms with Crippen LogP contribution in [0, 0.1) is 5.82 Å². The number of anilines is 1. The number of aryl methyl sites for hydroxylation is 2.